The van der Waals surface area contributed by atoms with Crippen LogP contribution in [0.25, 0.3) is 0 Å². The Morgan fingerprint density at radius 1 is 1.27 bits per heavy atom. The van der Waals surface area contributed by atoms with E-state index in [2.05, 4.69) is 15.9 Å². The molecule has 58 valence electrons. The fourth-order valence-corrected chi connectivity index (χ4v) is 1.20. The largest absolute Gasteiger partial charge is 0.491 e. The van der Waals surface area contributed by atoms with Gasteiger partial charge in [0.15, 0.2) is 11.5 Å². The van der Waals surface area contributed by atoms with Crippen molar-refractivity contribution in [2.24, 2.45) is 0 Å². The van der Waals surface area contributed by atoms with Gasteiger partial charge in [0.25, 0.3) is 0 Å². The highest BCUT2D eigenvalue weighted by Crippen LogP contribution is 2.19. The highest BCUT2D eigenvalue weighted by molar-refractivity contribution is 9.12. The van der Waals surface area contributed by atoms with Gasteiger partial charge in [-0.1, -0.05) is 0 Å². The second-order valence-electron chi connectivity index (χ2n) is 1.91. The lowest BCUT2D eigenvalue weighted by molar-refractivity contribution is -0.117. The Labute approximate surface area is 71.8 Å². The third kappa shape index (κ3) is 1.40. The molecule has 1 aliphatic carbocycles. The molecule has 0 atom stereocenters. The molecule has 4 heteroatoms. The first-order valence-corrected chi connectivity index (χ1v) is 3.66. The number of carbonyl (C=O) groups excluding carboxylic acids is 2. The second kappa shape index (κ2) is 3.00. The van der Waals surface area contributed by atoms with Crippen LogP contribution < -0.4 is 0 Å². The van der Waals surface area contributed by atoms with Gasteiger partial charge in [0.2, 0.25) is 5.78 Å². The summed E-state index contributed by atoms with van der Waals surface area (Å²) in [5, 5.41) is 0. The minimum absolute atomic E-state index is 0.0671. The van der Waals surface area contributed by atoms with Crippen molar-refractivity contribution in [2.75, 3.05) is 7.11 Å². The Morgan fingerprint density at radius 2 is 1.82 bits per heavy atom. The van der Waals surface area contributed by atoms with E-state index in [1.807, 2.05) is 0 Å². The molecule has 0 saturated heterocycles. The van der Waals surface area contributed by atoms with Gasteiger partial charge >= 0.3 is 0 Å². The molecular weight excluding hydrogens is 212 g/mol. The van der Waals surface area contributed by atoms with Gasteiger partial charge in [-0.05, 0) is 28.1 Å². The van der Waals surface area contributed by atoms with Gasteiger partial charge in [0.1, 0.15) is 4.48 Å². The Hall–Kier alpha value is -0.900. The molecule has 0 heterocycles. The van der Waals surface area contributed by atoms with E-state index >= 15 is 0 Å². The van der Waals surface area contributed by atoms with Gasteiger partial charge in [-0.15, -0.1) is 0 Å². The Morgan fingerprint density at radius 3 is 2.27 bits per heavy atom. The van der Waals surface area contributed by atoms with E-state index in [-0.39, 0.29) is 21.8 Å². The number of allylic oxidation sites excluding steroid dienone is 3. The number of hydrogen-bond acceptors (Lipinski definition) is 3. The Bertz CT molecular complexity index is 275. The summed E-state index contributed by atoms with van der Waals surface area (Å²) in [4.78, 5) is 21.8. The molecule has 0 aromatic carbocycles. The predicted octanol–water partition coefficient (Wildman–Crippen LogP) is 0.947. The summed E-state index contributed by atoms with van der Waals surface area (Å²) in [5.41, 5.74) is 0. The monoisotopic (exact) mass is 216 g/mol. The number of halogens is 1. The summed E-state index contributed by atoms with van der Waals surface area (Å²) in [7, 11) is 1.35. The molecule has 0 radical (unpaired) electrons. The van der Waals surface area contributed by atoms with Crippen molar-refractivity contribution >= 4 is 27.5 Å². The number of methoxy groups -OCH3 is 1. The number of ketones is 2. The quantitative estimate of drug-likeness (QED) is 0.614. The smallest absolute Gasteiger partial charge is 0.221 e. The molecule has 0 spiro atoms. The van der Waals surface area contributed by atoms with E-state index in [1.54, 1.807) is 0 Å². The zero-order valence-corrected chi connectivity index (χ0v) is 7.34. The van der Waals surface area contributed by atoms with Gasteiger partial charge in [0, 0.05) is 0 Å². The minimum Gasteiger partial charge on any atom is -0.491 e. The van der Waals surface area contributed by atoms with E-state index in [0.717, 1.165) is 0 Å². The summed E-state index contributed by atoms with van der Waals surface area (Å²) < 4.78 is 4.88. The van der Waals surface area contributed by atoms with Gasteiger partial charge in [0.05, 0.1) is 7.11 Å². The standard InChI is InChI=1S/C7H5BrO3/c1-11-7-5(10)3-2-4(9)6(7)8/h2-3H,1H3. The first-order valence-electron chi connectivity index (χ1n) is 2.87. The normalized spacial score (nSPS) is 17.6. The van der Waals surface area contributed by atoms with Crippen LogP contribution in [0.2, 0.25) is 0 Å². The van der Waals surface area contributed by atoms with E-state index in [4.69, 9.17) is 4.74 Å². The lowest BCUT2D eigenvalue weighted by Gasteiger charge is -2.07. The Kier molecular flexibility index (Phi) is 2.24. The lowest BCUT2D eigenvalue weighted by Crippen LogP contribution is -2.12. The molecule has 0 N–H and O–H groups in total. The molecule has 0 amide bonds. The molecule has 0 aliphatic heterocycles. The SMILES string of the molecule is COC1=C(Br)C(=O)C=CC1=O. The third-order valence-corrected chi connectivity index (χ3v) is 1.98. The molecule has 0 aromatic rings. The molecule has 0 fully saturated rings. The maximum absolute atomic E-state index is 10.9. The maximum atomic E-state index is 10.9. The van der Waals surface area contributed by atoms with Gasteiger partial charge in [-0.3, -0.25) is 9.59 Å². The van der Waals surface area contributed by atoms with Crippen molar-refractivity contribution < 1.29 is 14.3 Å². The topological polar surface area (TPSA) is 43.4 Å². The van der Waals surface area contributed by atoms with Gasteiger partial charge < -0.3 is 4.74 Å². The van der Waals surface area contributed by atoms with Crippen molar-refractivity contribution in [3.63, 3.8) is 0 Å². The zero-order chi connectivity index (χ0) is 8.43. The summed E-state index contributed by atoms with van der Waals surface area (Å²) >= 11 is 2.95. The molecule has 1 aliphatic rings. The molecule has 0 unspecified atom stereocenters. The molecule has 1 rings (SSSR count). The predicted molar refractivity (Wildman–Crippen MR) is 42.1 cm³/mol. The van der Waals surface area contributed by atoms with Crippen LogP contribution in [0.1, 0.15) is 0 Å². The fourth-order valence-electron chi connectivity index (χ4n) is 0.710. The second-order valence-corrected chi connectivity index (χ2v) is 2.70. The first-order chi connectivity index (χ1) is 5.16. The summed E-state index contributed by atoms with van der Waals surface area (Å²) in [6.07, 6.45) is 2.39. The number of carbonyl (C=O) groups is 2. The van der Waals surface area contributed by atoms with E-state index < -0.39 is 0 Å². The molecule has 0 aromatic heterocycles. The van der Waals surface area contributed by atoms with Crippen molar-refractivity contribution in [3.05, 3.63) is 22.4 Å². The maximum Gasteiger partial charge on any atom is 0.221 e. The van der Waals surface area contributed by atoms with Crippen LogP contribution in [0, 0.1) is 0 Å². The summed E-state index contributed by atoms with van der Waals surface area (Å²) in [6.45, 7) is 0. The summed E-state index contributed by atoms with van der Waals surface area (Å²) in [5.74, 6) is -0.474. The van der Waals surface area contributed by atoms with E-state index in [9.17, 15) is 9.59 Å². The van der Waals surface area contributed by atoms with Crippen molar-refractivity contribution in [1.29, 1.82) is 0 Å². The molecule has 0 saturated carbocycles. The van der Waals surface area contributed by atoms with E-state index in [0.29, 0.717) is 0 Å². The average Bonchev–Trinajstić information content (AvgIpc) is 1.99. The van der Waals surface area contributed by atoms with Gasteiger partial charge in [-0.25, -0.2) is 0 Å². The summed E-state index contributed by atoms with van der Waals surface area (Å²) in [6, 6.07) is 0. The average molecular weight is 217 g/mol. The number of hydrogen-bond donors (Lipinski definition) is 0. The molecular formula is C7H5BrO3. The van der Waals surface area contributed by atoms with Crippen molar-refractivity contribution in [1.82, 2.24) is 0 Å². The fraction of sp³-hybridized carbons (Fsp3) is 0.143. The number of rotatable bonds is 1. The van der Waals surface area contributed by atoms with Crippen LogP contribution in [0.3, 0.4) is 0 Å². The molecule has 0 bridgehead atoms. The van der Waals surface area contributed by atoms with Crippen LogP contribution in [-0.4, -0.2) is 18.7 Å². The van der Waals surface area contributed by atoms with Crippen LogP contribution in [0.4, 0.5) is 0 Å². The zero-order valence-electron chi connectivity index (χ0n) is 5.76. The third-order valence-electron chi connectivity index (χ3n) is 1.23. The molecule has 11 heavy (non-hydrogen) atoms. The van der Waals surface area contributed by atoms with Gasteiger partial charge in [-0.2, -0.15) is 0 Å². The number of ether oxygens (including phenoxy) is 1. The first kappa shape index (κ1) is 8.20. The molecule has 3 nitrogen and oxygen atoms in total. The minimum atomic E-state index is -0.293. The highest BCUT2D eigenvalue weighted by atomic mass is 79.9. The van der Waals surface area contributed by atoms with Crippen LogP contribution in [0.15, 0.2) is 22.4 Å². The highest BCUT2D eigenvalue weighted by Gasteiger charge is 2.20. The van der Waals surface area contributed by atoms with E-state index in [1.165, 1.54) is 19.3 Å². The van der Waals surface area contributed by atoms with Crippen molar-refractivity contribution in [2.45, 2.75) is 0 Å². The Balaban J connectivity index is 3.09. The lowest BCUT2D eigenvalue weighted by atomic mass is 10.1. The van der Waals surface area contributed by atoms with Crippen LogP contribution in [-0.2, 0) is 14.3 Å². The van der Waals surface area contributed by atoms with Crippen molar-refractivity contribution in [3.8, 4) is 0 Å². The van der Waals surface area contributed by atoms with Crippen LogP contribution >= 0.6 is 15.9 Å². The van der Waals surface area contributed by atoms with Crippen LogP contribution in [0.5, 0.6) is 0 Å².